The zero-order valence-electron chi connectivity index (χ0n) is 32.9. The highest BCUT2D eigenvalue weighted by Crippen LogP contribution is 2.40. The fraction of sp³-hybridized carbons (Fsp3) is 0.375. The Morgan fingerprint density at radius 1 is 1.02 bits per heavy atom. The van der Waals surface area contributed by atoms with Crippen molar-refractivity contribution >= 4 is 40.8 Å². The largest absolute Gasteiger partial charge is 0.497 e. The number of nitrogens with one attached hydrogen (secondary N) is 2. The smallest absolute Gasteiger partial charge is 0.416 e. The van der Waals surface area contributed by atoms with Crippen molar-refractivity contribution in [3.8, 4) is 28.5 Å². The third kappa shape index (κ3) is 9.15. The first kappa shape index (κ1) is 41.8. The molecule has 3 aromatic heterocycles. The topological polar surface area (TPSA) is 151 Å². The van der Waals surface area contributed by atoms with Crippen molar-refractivity contribution in [2.45, 2.75) is 65.1 Å². The maximum absolute atomic E-state index is 13.4. The first-order chi connectivity index (χ1) is 27.5. The Balaban J connectivity index is 1.45. The summed E-state index contributed by atoms with van der Waals surface area (Å²) in [7, 11) is 3.12. The van der Waals surface area contributed by atoms with Crippen LogP contribution in [0.1, 0.15) is 68.0 Å². The molecule has 0 bridgehead atoms. The van der Waals surface area contributed by atoms with Gasteiger partial charge in [-0.15, -0.1) is 0 Å². The van der Waals surface area contributed by atoms with Crippen LogP contribution in [0.4, 0.5) is 29.6 Å². The number of benzene rings is 2. The van der Waals surface area contributed by atoms with E-state index in [1.165, 1.54) is 18.3 Å². The van der Waals surface area contributed by atoms with Gasteiger partial charge >= 0.3 is 12.3 Å². The molecule has 5 aromatic rings. The number of hydrogen-bond donors (Lipinski definition) is 2. The fourth-order valence-corrected chi connectivity index (χ4v) is 6.52. The summed E-state index contributed by atoms with van der Waals surface area (Å²) in [5.74, 6) is 1.14. The van der Waals surface area contributed by atoms with E-state index in [4.69, 9.17) is 40.3 Å². The number of hydrogen-bond acceptors (Lipinski definition) is 11. The molecule has 4 heterocycles. The van der Waals surface area contributed by atoms with E-state index < -0.39 is 35.4 Å². The number of aromatic nitrogens is 4. The molecule has 1 aliphatic heterocycles. The van der Waals surface area contributed by atoms with Crippen LogP contribution < -0.4 is 24.8 Å². The Kier molecular flexibility index (Phi) is 12.2. The highest BCUT2D eigenvalue weighted by Gasteiger charge is 2.37. The first-order valence-corrected chi connectivity index (χ1v) is 18.6. The van der Waals surface area contributed by atoms with E-state index >= 15 is 0 Å². The molecule has 1 saturated heterocycles. The van der Waals surface area contributed by atoms with E-state index in [1.54, 1.807) is 69.4 Å². The number of carbonyl (C=O) groups is 2. The Morgan fingerprint density at radius 3 is 2.48 bits per heavy atom. The number of fused-ring (bicyclic) bond motifs is 1. The molecule has 2 N–H and O–H groups in total. The Morgan fingerprint density at radius 2 is 1.79 bits per heavy atom. The molecule has 1 fully saturated rings. The minimum atomic E-state index is -4.63. The number of rotatable bonds is 11. The molecule has 2 amide bonds. The molecule has 18 heteroatoms. The third-order valence-corrected chi connectivity index (χ3v) is 9.33. The van der Waals surface area contributed by atoms with E-state index in [1.807, 2.05) is 13.0 Å². The lowest BCUT2D eigenvalue weighted by Crippen LogP contribution is -2.50. The normalized spacial score (nSPS) is 15.9. The number of ether oxygens (including phenoxy) is 5. The Labute approximate surface area is 337 Å². The van der Waals surface area contributed by atoms with Crippen molar-refractivity contribution in [3.05, 3.63) is 88.6 Å². The number of anilines is 2. The summed E-state index contributed by atoms with van der Waals surface area (Å²) in [5.41, 5.74) is 0.372. The van der Waals surface area contributed by atoms with E-state index in [0.29, 0.717) is 39.9 Å². The monoisotopic (exact) mass is 825 g/mol. The molecule has 1 aliphatic rings. The van der Waals surface area contributed by atoms with Gasteiger partial charge in [-0.05, 0) is 77.1 Å². The predicted octanol–water partition coefficient (Wildman–Crippen LogP) is 8.44. The van der Waals surface area contributed by atoms with Gasteiger partial charge in [0.1, 0.15) is 57.0 Å². The molecule has 14 nitrogen and oxygen atoms in total. The standard InChI is InChI=1S/C40H43ClF3N7O7/c1-8-56-29-15-23(37(52)48-32-16-25(13-14-45-32)40(42,43)44)10-12-27(29)33-34-35(46-18-24-9-11-26(54-6)17-28(24)55-7)47-19-31(41)51(34)36(49-33)30-20-50(22(2)21-57-30)38(53)58-39(3,4)5/h9-17,19,22,30H,8,18,20-21H2,1-7H3,(H,46,47)(H,45,48,52)/t22-,30-/m0/s1. The number of alkyl halides is 3. The fourth-order valence-electron chi connectivity index (χ4n) is 6.30. The van der Waals surface area contributed by atoms with Crippen molar-refractivity contribution in [1.82, 2.24) is 24.3 Å². The van der Waals surface area contributed by atoms with Crippen LogP contribution in [0, 0.1) is 0 Å². The SMILES string of the molecule is CCOc1cc(C(=O)Nc2cc(C(F)(F)F)ccn2)ccc1-c1nc([C@@H]2CN(C(=O)OC(C)(C)C)[C@@H](C)CO2)n2c(Cl)cnc(NCc3ccc(OC)cc3OC)c12. The Hall–Kier alpha value is -5.81. The number of methoxy groups -OCH3 is 2. The molecule has 308 valence electrons. The van der Waals surface area contributed by atoms with Crippen molar-refractivity contribution in [1.29, 1.82) is 0 Å². The van der Waals surface area contributed by atoms with Gasteiger partial charge in [0.2, 0.25) is 0 Å². The van der Waals surface area contributed by atoms with Gasteiger partial charge in [0.15, 0.2) is 5.82 Å². The quantitative estimate of drug-likeness (QED) is 0.132. The van der Waals surface area contributed by atoms with Gasteiger partial charge in [0.05, 0.1) is 51.8 Å². The zero-order chi connectivity index (χ0) is 41.9. The lowest BCUT2D eigenvalue weighted by molar-refractivity contribution is -0.137. The van der Waals surface area contributed by atoms with Crippen molar-refractivity contribution in [2.75, 3.05) is 44.6 Å². The number of pyridine rings is 1. The van der Waals surface area contributed by atoms with Gasteiger partial charge in [-0.2, -0.15) is 13.2 Å². The van der Waals surface area contributed by atoms with E-state index in [0.717, 1.165) is 23.9 Å². The third-order valence-electron chi connectivity index (χ3n) is 9.06. The molecule has 58 heavy (non-hydrogen) atoms. The maximum atomic E-state index is 13.4. The number of halogens is 4. The summed E-state index contributed by atoms with van der Waals surface area (Å²) < 4.78 is 70.8. The number of morpholine rings is 1. The second-order valence-electron chi connectivity index (χ2n) is 14.3. The average molecular weight is 826 g/mol. The Bertz CT molecular complexity index is 2320. The minimum absolute atomic E-state index is 0.0776. The zero-order valence-corrected chi connectivity index (χ0v) is 33.6. The predicted molar refractivity (Wildman–Crippen MR) is 210 cm³/mol. The summed E-state index contributed by atoms with van der Waals surface area (Å²) in [4.78, 5) is 42.0. The summed E-state index contributed by atoms with van der Waals surface area (Å²) in [6, 6.07) is 11.2. The molecule has 0 unspecified atom stereocenters. The lowest BCUT2D eigenvalue weighted by atomic mass is 10.1. The number of amides is 2. The molecule has 2 atom stereocenters. The van der Waals surface area contributed by atoms with Crippen molar-refractivity contribution in [3.63, 3.8) is 0 Å². The average Bonchev–Trinajstić information content (AvgIpc) is 3.58. The summed E-state index contributed by atoms with van der Waals surface area (Å²) in [6.45, 7) is 9.68. The summed E-state index contributed by atoms with van der Waals surface area (Å²) in [5, 5.41) is 6.00. The van der Waals surface area contributed by atoms with Crippen molar-refractivity contribution < 1.29 is 46.4 Å². The second-order valence-corrected chi connectivity index (χ2v) is 14.7. The molecule has 2 aromatic carbocycles. The number of nitrogens with zero attached hydrogens (tertiary/aromatic N) is 5. The summed E-state index contributed by atoms with van der Waals surface area (Å²) >= 11 is 6.93. The first-order valence-electron chi connectivity index (χ1n) is 18.3. The second kappa shape index (κ2) is 17.0. The molecule has 6 rings (SSSR count). The minimum Gasteiger partial charge on any atom is -0.497 e. The van der Waals surface area contributed by atoms with Crippen LogP contribution in [0.2, 0.25) is 5.15 Å². The number of imidazole rings is 1. The van der Waals surface area contributed by atoms with E-state index in [-0.39, 0.29) is 54.6 Å². The van der Waals surface area contributed by atoms with Gasteiger partial charge in [0, 0.05) is 35.5 Å². The van der Waals surface area contributed by atoms with Gasteiger partial charge in [-0.1, -0.05) is 11.6 Å². The van der Waals surface area contributed by atoms with Crippen LogP contribution in [-0.4, -0.2) is 81.9 Å². The highest BCUT2D eigenvalue weighted by molar-refractivity contribution is 6.30. The summed E-state index contributed by atoms with van der Waals surface area (Å²) in [6.07, 6.45) is -3.48. The highest BCUT2D eigenvalue weighted by atomic mass is 35.5. The van der Waals surface area contributed by atoms with Crippen LogP contribution in [0.25, 0.3) is 16.8 Å². The van der Waals surface area contributed by atoms with Crippen LogP contribution in [-0.2, 0) is 22.2 Å². The lowest BCUT2D eigenvalue weighted by Gasteiger charge is -2.38. The van der Waals surface area contributed by atoms with Crippen LogP contribution in [0.5, 0.6) is 17.2 Å². The van der Waals surface area contributed by atoms with Gasteiger partial charge in [0.25, 0.3) is 5.91 Å². The molecular formula is C40H43ClF3N7O7. The molecular weight excluding hydrogens is 783 g/mol. The van der Waals surface area contributed by atoms with Gasteiger partial charge < -0.3 is 39.2 Å². The van der Waals surface area contributed by atoms with Crippen LogP contribution in [0.15, 0.2) is 60.9 Å². The van der Waals surface area contributed by atoms with E-state index in [9.17, 15) is 22.8 Å². The molecule has 0 spiro atoms. The maximum Gasteiger partial charge on any atom is 0.416 e. The van der Waals surface area contributed by atoms with Crippen LogP contribution in [0.3, 0.4) is 0 Å². The van der Waals surface area contributed by atoms with Crippen LogP contribution >= 0.6 is 11.6 Å². The van der Waals surface area contributed by atoms with Gasteiger partial charge in [-0.25, -0.2) is 19.7 Å². The van der Waals surface area contributed by atoms with Crippen molar-refractivity contribution in [2.24, 2.45) is 0 Å². The molecule has 0 radical (unpaired) electrons. The molecule has 0 saturated carbocycles. The van der Waals surface area contributed by atoms with E-state index in [2.05, 4.69) is 20.6 Å². The van der Waals surface area contributed by atoms with Gasteiger partial charge in [-0.3, -0.25) is 9.20 Å². The molecule has 0 aliphatic carbocycles. The number of carbonyl (C=O) groups excluding carboxylic acids is 2.